The smallest absolute Gasteiger partial charge is 0.216 e. The van der Waals surface area contributed by atoms with Gasteiger partial charge >= 0.3 is 26.4 Å². The molecule has 0 saturated carbocycles. The van der Waals surface area contributed by atoms with E-state index >= 15 is 0 Å². The Morgan fingerprint density at radius 2 is 1.17 bits per heavy atom. The Hall–Kier alpha value is 0.180. The fourth-order valence-corrected chi connectivity index (χ4v) is 1.66. The van der Waals surface area contributed by atoms with Crippen molar-refractivity contribution in [3.8, 4) is 6.07 Å². The summed E-state index contributed by atoms with van der Waals surface area (Å²) in [5.74, 6) is -11.6. The molecule has 106 valence electrons. The molecule has 0 aromatic heterocycles. The molecule has 0 radical (unpaired) electrons. The minimum atomic E-state index is -6.09. The van der Waals surface area contributed by atoms with E-state index < -0.39 is 26.4 Å². The maximum atomic E-state index is 13.2. The second kappa shape index (κ2) is 4.63. The summed E-state index contributed by atoms with van der Waals surface area (Å²) in [5.41, 5.74) is 0. The van der Waals surface area contributed by atoms with E-state index in [0.717, 1.165) is 31.9 Å². The number of rotatable bonds is 4. The van der Waals surface area contributed by atoms with Gasteiger partial charge in [0.25, 0.3) is 0 Å². The van der Waals surface area contributed by atoms with Crippen LogP contribution in [0.25, 0.3) is 0 Å². The zero-order chi connectivity index (χ0) is 15.2. The molecule has 2 atom stereocenters. The second-order valence-electron chi connectivity index (χ2n) is 2.91. The first-order valence-corrected chi connectivity index (χ1v) is 5.52. The van der Waals surface area contributed by atoms with Gasteiger partial charge in [0.1, 0.15) is 6.07 Å². The van der Waals surface area contributed by atoms with Gasteiger partial charge in [-0.3, -0.25) is 0 Å². The standard InChI is InChI=1S/C6Br2ClF8N/c7-3(12,2(10,11)1-18)5(14,15)4(8,13)6(9,16)17/t3-,4+/m0/s1. The first kappa shape index (κ1) is 18.2. The Morgan fingerprint density at radius 3 is 1.39 bits per heavy atom. The van der Waals surface area contributed by atoms with Crippen LogP contribution in [0, 0.1) is 11.3 Å². The van der Waals surface area contributed by atoms with Crippen LogP contribution in [0.1, 0.15) is 0 Å². The van der Waals surface area contributed by atoms with Crippen LogP contribution in [-0.4, -0.2) is 26.4 Å². The normalized spacial score (nSPS) is 20.8. The quantitative estimate of drug-likeness (QED) is 0.465. The molecule has 12 heteroatoms. The van der Waals surface area contributed by atoms with Gasteiger partial charge in [0.05, 0.1) is 0 Å². The highest BCUT2D eigenvalue weighted by atomic mass is 79.9. The third-order valence-electron chi connectivity index (χ3n) is 1.68. The highest BCUT2D eigenvalue weighted by molar-refractivity contribution is 9.10. The zero-order valence-electron chi connectivity index (χ0n) is 7.60. The Kier molecular flexibility index (Phi) is 4.67. The van der Waals surface area contributed by atoms with E-state index in [-0.39, 0.29) is 6.07 Å². The van der Waals surface area contributed by atoms with E-state index in [0.29, 0.717) is 0 Å². The van der Waals surface area contributed by atoms with Gasteiger partial charge in [-0.2, -0.15) is 31.6 Å². The van der Waals surface area contributed by atoms with Crippen molar-refractivity contribution < 1.29 is 35.1 Å². The van der Waals surface area contributed by atoms with Crippen molar-refractivity contribution in [1.82, 2.24) is 0 Å². The molecular formula is C6Br2ClF8N. The summed E-state index contributed by atoms with van der Waals surface area (Å²) in [6, 6.07) is -0.199. The third-order valence-corrected chi connectivity index (χ3v) is 4.16. The molecule has 0 aromatic rings. The molecule has 0 aliphatic rings. The van der Waals surface area contributed by atoms with Crippen molar-refractivity contribution >= 4 is 43.5 Å². The molecule has 0 spiro atoms. The monoisotopic (exact) mass is 431 g/mol. The molecule has 0 rings (SSSR count). The number of halogens is 11. The molecule has 0 aromatic carbocycles. The topological polar surface area (TPSA) is 23.8 Å². The summed E-state index contributed by atoms with van der Waals surface area (Å²) in [7, 11) is 0. The van der Waals surface area contributed by atoms with Crippen LogP contribution in [0.15, 0.2) is 0 Å². The molecule has 1 nitrogen and oxygen atoms in total. The fraction of sp³-hybridized carbons (Fsp3) is 0.833. The van der Waals surface area contributed by atoms with Gasteiger partial charge in [0.2, 0.25) is 0 Å². The van der Waals surface area contributed by atoms with Crippen molar-refractivity contribution in [2.75, 3.05) is 0 Å². The maximum Gasteiger partial charge on any atom is 0.381 e. The molecule has 0 aliphatic carbocycles. The minimum absolute atomic E-state index is 0.199. The summed E-state index contributed by atoms with van der Waals surface area (Å²) in [4.78, 5) is 0. The van der Waals surface area contributed by atoms with E-state index in [1.54, 1.807) is 0 Å². The van der Waals surface area contributed by atoms with Crippen molar-refractivity contribution in [3.63, 3.8) is 0 Å². The van der Waals surface area contributed by atoms with Crippen molar-refractivity contribution in [3.05, 3.63) is 0 Å². The van der Waals surface area contributed by atoms with Crippen molar-refractivity contribution in [2.24, 2.45) is 0 Å². The largest absolute Gasteiger partial charge is 0.381 e. The first-order valence-electron chi connectivity index (χ1n) is 3.55. The van der Waals surface area contributed by atoms with Gasteiger partial charge in [0, 0.05) is 0 Å². The molecule has 0 bridgehead atoms. The lowest BCUT2D eigenvalue weighted by Gasteiger charge is -2.38. The number of nitrogens with zero attached hydrogens (tertiary/aromatic N) is 1. The lowest BCUT2D eigenvalue weighted by Crippen LogP contribution is -2.64. The average Bonchev–Trinajstić information content (AvgIpc) is 2.15. The van der Waals surface area contributed by atoms with Crippen LogP contribution in [0.3, 0.4) is 0 Å². The van der Waals surface area contributed by atoms with Gasteiger partial charge in [0.15, 0.2) is 0 Å². The summed E-state index contributed by atoms with van der Waals surface area (Å²) < 4.78 is 91.7. The van der Waals surface area contributed by atoms with Gasteiger partial charge in [-0.15, -0.1) is 0 Å². The van der Waals surface area contributed by atoms with Crippen molar-refractivity contribution in [1.29, 1.82) is 5.26 Å². The summed E-state index contributed by atoms with van der Waals surface area (Å²) in [6.45, 7) is 0. The van der Waals surface area contributed by atoms with E-state index in [4.69, 9.17) is 5.26 Å². The molecule has 0 amide bonds. The number of hydrogen-bond donors (Lipinski definition) is 0. The lowest BCUT2D eigenvalue weighted by molar-refractivity contribution is -0.240. The third kappa shape index (κ3) is 2.43. The fourth-order valence-electron chi connectivity index (χ4n) is 0.643. The maximum absolute atomic E-state index is 13.2. The first-order chi connectivity index (χ1) is 7.56. The second-order valence-corrected chi connectivity index (χ2v) is 5.57. The predicted octanol–water partition coefficient (Wildman–Crippen LogP) is 4.73. The Balaban J connectivity index is 5.90. The summed E-state index contributed by atoms with van der Waals surface area (Å²) in [6.07, 6.45) is 0. The highest BCUT2D eigenvalue weighted by Crippen LogP contribution is 2.61. The molecule has 0 N–H and O–H groups in total. The van der Waals surface area contributed by atoms with Gasteiger partial charge in [-0.05, 0) is 43.5 Å². The van der Waals surface area contributed by atoms with Gasteiger partial charge < -0.3 is 0 Å². The van der Waals surface area contributed by atoms with E-state index in [1.807, 2.05) is 0 Å². The summed E-state index contributed by atoms with van der Waals surface area (Å²) >= 11 is 6.09. The molecule has 0 heterocycles. The number of hydrogen-bond acceptors (Lipinski definition) is 1. The van der Waals surface area contributed by atoms with Crippen molar-refractivity contribution in [2.45, 2.75) is 26.4 Å². The average molecular weight is 433 g/mol. The Bertz CT molecular complexity index is 371. The number of alkyl halides is 11. The van der Waals surface area contributed by atoms with Crippen LogP contribution >= 0.6 is 43.5 Å². The molecule has 0 unspecified atom stereocenters. The van der Waals surface area contributed by atoms with E-state index in [1.165, 1.54) is 0 Å². The molecule has 0 aliphatic heterocycles. The highest BCUT2D eigenvalue weighted by Gasteiger charge is 2.82. The Labute approximate surface area is 116 Å². The van der Waals surface area contributed by atoms with Crippen LogP contribution in [0.5, 0.6) is 0 Å². The van der Waals surface area contributed by atoms with E-state index in [2.05, 4.69) is 11.6 Å². The predicted molar refractivity (Wildman–Crippen MR) is 51.8 cm³/mol. The van der Waals surface area contributed by atoms with Crippen LogP contribution in [0.4, 0.5) is 35.1 Å². The molecule has 0 fully saturated rings. The SMILES string of the molecule is N#CC(F)(F)[C@@](F)(Br)C(F)(F)[C@](F)(Br)C(F)(F)Cl. The van der Waals surface area contributed by atoms with Gasteiger partial charge in [-0.25, -0.2) is 8.78 Å². The molecular weight excluding hydrogens is 433 g/mol. The summed E-state index contributed by atoms with van der Waals surface area (Å²) in [5, 5.41) is 2.36. The van der Waals surface area contributed by atoms with E-state index in [9.17, 15) is 35.1 Å². The van der Waals surface area contributed by atoms with Crippen LogP contribution in [-0.2, 0) is 0 Å². The van der Waals surface area contributed by atoms with Gasteiger partial charge in [-0.1, -0.05) is 0 Å². The molecule has 0 saturated heterocycles. The Morgan fingerprint density at radius 1 is 0.833 bits per heavy atom. The lowest BCUT2D eigenvalue weighted by atomic mass is 10.0. The molecule has 18 heavy (non-hydrogen) atoms. The van der Waals surface area contributed by atoms with Crippen LogP contribution in [0.2, 0.25) is 0 Å². The zero-order valence-corrected chi connectivity index (χ0v) is 11.5. The van der Waals surface area contributed by atoms with Crippen LogP contribution < -0.4 is 0 Å². The number of nitriles is 1. The minimum Gasteiger partial charge on any atom is -0.216 e.